The Labute approximate surface area is 145 Å². The number of rotatable bonds is 6. The maximum absolute atomic E-state index is 11.5. The number of ether oxygens (including phenoxy) is 1. The Bertz CT molecular complexity index is 595. The molecule has 4 nitrogen and oxygen atoms in total. The Morgan fingerprint density at radius 1 is 1.25 bits per heavy atom. The lowest BCUT2D eigenvalue weighted by molar-refractivity contribution is -0.130. The molecule has 24 heavy (non-hydrogen) atoms. The zero-order valence-electron chi connectivity index (χ0n) is 15.1. The SMILES string of the molecule is C=C(C(=O)O)c1c(OCCN2CCCCC2)cccc1C(C)(C)C. The van der Waals surface area contributed by atoms with Gasteiger partial charge in [-0.3, -0.25) is 4.90 Å². The van der Waals surface area contributed by atoms with Crippen LogP contribution in [-0.2, 0) is 10.2 Å². The van der Waals surface area contributed by atoms with Gasteiger partial charge in [-0.25, -0.2) is 4.79 Å². The lowest BCUT2D eigenvalue weighted by Gasteiger charge is -2.27. The third kappa shape index (κ3) is 4.60. The van der Waals surface area contributed by atoms with Crippen molar-refractivity contribution in [1.82, 2.24) is 4.90 Å². The van der Waals surface area contributed by atoms with E-state index < -0.39 is 5.97 Å². The van der Waals surface area contributed by atoms with Crippen LogP contribution in [0.2, 0.25) is 0 Å². The summed E-state index contributed by atoms with van der Waals surface area (Å²) in [7, 11) is 0. The van der Waals surface area contributed by atoms with Crippen LogP contribution in [0, 0.1) is 0 Å². The Balaban J connectivity index is 2.18. The minimum Gasteiger partial charge on any atom is -0.492 e. The van der Waals surface area contributed by atoms with E-state index in [4.69, 9.17) is 4.74 Å². The summed E-state index contributed by atoms with van der Waals surface area (Å²) in [6.45, 7) is 13.7. The van der Waals surface area contributed by atoms with Crippen molar-refractivity contribution in [3.63, 3.8) is 0 Å². The second-order valence-corrected chi connectivity index (χ2v) is 7.46. The molecular formula is C20H29NO3. The van der Waals surface area contributed by atoms with E-state index >= 15 is 0 Å². The fourth-order valence-corrected chi connectivity index (χ4v) is 3.16. The van der Waals surface area contributed by atoms with E-state index in [1.165, 1.54) is 19.3 Å². The van der Waals surface area contributed by atoms with Gasteiger partial charge in [0, 0.05) is 12.1 Å². The van der Waals surface area contributed by atoms with Gasteiger partial charge in [0.25, 0.3) is 0 Å². The lowest BCUT2D eigenvalue weighted by Crippen LogP contribution is -2.33. The molecule has 1 aliphatic heterocycles. The van der Waals surface area contributed by atoms with Gasteiger partial charge in [0.15, 0.2) is 0 Å². The molecule has 4 heteroatoms. The van der Waals surface area contributed by atoms with Gasteiger partial charge in [0.1, 0.15) is 12.4 Å². The molecule has 1 aromatic rings. The fraction of sp³-hybridized carbons (Fsp3) is 0.550. The van der Waals surface area contributed by atoms with E-state index in [-0.39, 0.29) is 11.0 Å². The normalized spacial score (nSPS) is 16.0. The lowest BCUT2D eigenvalue weighted by atomic mass is 9.81. The van der Waals surface area contributed by atoms with E-state index in [9.17, 15) is 9.90 Å². The molecule has 0 saturated carbocycles. The van der Waals surface area contributed by atoms with Crippen LogP contribution in [0.15, 0.2) is 24.8 Å². The second kappa shape index (κ2) is 7.84. The summed E-state index contributed by atoms with van der Waals surface area (Å²) in [5.41, 5.74) is 1.48. The third-order valence-corrected chi connectivity index (χ3v) is 4.51. The Morgan fingerprint density at radius 2 is 1.92 bits per heavy atom. The van der Waals surface area contributed by atoms with Crippen LogP contribution >= 0.6 is 0 Å². The number of carbonyl (C=O) groups is 1. The summed E-state index contributed by atoms with van der Waals surface area (Å²) in [4.78, 5) is 13.9. The first kappa shape index (κ1) is 18.5. The van der Waals surface area contributed by atoms with Crippen molar-refractivity contribution in [1.29, 1.82) is 0 Å². The van der Waals surface area contributed by atoms with Crippen LogP contribution in [0.25, 0.3) is 5.57 Å². The van der Waals surface area contributed by atoms with Crippen molar-refractivity contribution in [3.8, 4) is 5.75 Å². The molecular weight excluding hydrogens is 302 g/mol. The average Bonchev–Trinajstić information content (AvgIpc) is 2.54. The summed E-state index contributed by atoms with van der Waals surface area (Å²) in [5.74, 6) is -0.389. The van der Waals surface area contributed by atoms with Crippen molar-refractivity contribution in [3.05, 3.63) is 35.9 Å². The number of piperidine rings is 1. The predicted molar refractivity (Wildman–Crippen MR) is 97.6 cm³/mol. The maximum Gasteiger partial charge on any atom is 0.335 e. The minimum absolute atomic E-state index is 0.0912. The molecule has 1 fully saturated rings. The average molecular weight is 331 g/mol. The fourth-order valence-electron chi connectivity index (χ4n) is 3.16. The molecule has 1 saturated heterocycles. The summed E-state index contributed by atoms with van der Waals surface area (Å²) in [6, 6.07) is 5.73. The summed E-state index contributed by atoms with van der Waals surface area (Å²) < 4.78 is 5.98. The first-order valence-corrected chi connectivity index (χ1v) is 8.72. The number of hydrogen-bond donors (Lipinski definition) is 1. The highest BCUT2D eigenvalue weighted by Crippen LogP contribution is 2.36. The third-order valence-electron chi connectivity index (χ3n) is 4.51. The monoisotopic (exact) mass is 331 g/mol. The molecule has 0 aromatic heterocycles. The number of carboxylic acid groups (broad SMARTS) is 1. The van der Waals surface area contributed by atoms with Gasteiger partial charge in [-0.05, 0) is 43.0 Å². The van der Waals surface area contributed by atoms with E-state index in [0.29, 0.717) is 17.9 Å². The van der Waals surface area contributed by atoms with Crippen LogP contribution in [0.5, 0.6) is 5.75 Å². The smallest absolute Gasteiger partial charge is 0.335 e. The van der Waals surface area contributed by atoms with Crippen LogP contribution in [0.1, 0.15) is 51.2 Å². The van der Waals surface area contributed by atoms with Gasteiger partial charge in [-0.15, -0.1) is 0 Å². The molecule has 0 unspecified atom stereocenters. The maximum atomic E-state index is 11.5. The Hall–Kier alpha value is -1.81. The number of aliphatic carboxylic acids is 1. The first-order chi connectivity index (χ1) is 11.3. The Kier molecular flexibility index (Phi) is 6.05. The van der Waals surface area contributed by atoms with E-state index in [1.54, 1.807) is 0 Å². The highest BCUT2D eigenvalue weighted by Gasteiger charge is 2.25. The number of benzene rings is 1. The molecule has 1 heterocycles. The predicted octanol–water partition coefficient (Wildman–Crippen LogP) is 3.95. The molecule has 1 aliphatic rings. The summed E-state index contributed by atoms with van der Waals surface area (Å²) in [5, 5.41) is 9.42. The number of nitrogens with zero attached hydrogens (tertiary/aromatic N) is 1. The topological polar surface area (TPSA) is 49.8 Å². The van der Waals surface area contributed by atoms with Gasteiger partial charge in [0.05, 0.1) is 5.57 Å². The van der Waals surface area contributed by atoms with Gasteiger partial charge >= 0.3 is 5.97 Å². The molecule has 1 N–H and O–H groups in total. The molecule has 2 rings (SSSR count). The quantitative estimate of drug-likeness (QED) is 0.802. The van der Waals surface area contributed by atoms with Crippen molar-refractivity contribution in [2.45, 2.75) is 45.4 Å². The van der Waals surface area contributed by atoms with Crippen LogP contribution in [-0.4, -0.2) is 42.2 Å². The minimum atomic E-state index is -1.01. The van der Waals surface area contributed by atoms with E-state index in [0.717, 1.165) is 25.2 Å². The number of hydrogen-bond acceptors (Lipinski definition) is 3. The van der Waals surface area contributed by atoms with E-state index in [1.807, 2.05) is 18.2 Å². The van der Waals surface area contributed by atoms with Gasteiger partial charge < -0.3 is 9.84 Å². The molecule has 0 spiro atoms. The standard InChI is InChI=1S/C20H29NO3/c1-15(19(22)23)18-16(20(2,3)4)9-8-10-17(18)24-14-13-21-11-6-5-7-12-21/h8-10H,1,5-7,11-14H2,2-4H3,(H,22,23). The van der Waals surface area contributed by atoms with Crippen LogP contribution < -0.4 is 4.74 Å². The van der Waals surface area contributed by atoms with Gasteiger partial charge in [-0.2, -0.15) is 0 Å². The first-order valence-electron chi connectivity index (χ1n) is 8.72. The zero-order chi connectivity index (χ0) is 17.7. The van der Waals surface area contributed by atoms with Crippen molar-refractivity contribution < 1.29 is 14.6 Å². The van der Waals surface area contributed by atoms with E-state index in [2.05, 4.69) is 32.3 Å². The van der Waals surface area contributed by atoms with Crippen molar-refractivity contribution in [2.24, 2.45) is 0 Å². The van der Waals surface area contributed by atoms with Crippen LogP contribution in [0.4, 0.5) is 0 Å². The van der Waals surface area contributed by atoms with Crippen LogP contribution in [0.3, 0.4) is 0 Å². The molecule has 132 valence electrons. The zero-order valence-corrected chi connectivity index (χ0v) is 15.1. The summed E-state index contributed by atoms with van der Waals surface area (Å²) >= 11 is 0. The highest BCUT2D eigenvalue weighted by molar-refractivity contribution is 6.16. The largest absolute Gasteiger partial charge is 0.492 e. The molecule has 1 aromatic carbocycles. The second-order valence-electron chi connectivity index (χ2n) is 7.46. The van der Waals surface area contributed by atoms with Crippen molar-refractivity contribution >= 4 is 11.5 Å². The molecule has 0 atom stereocenters. The number of likely N-dealkylation sites (tertiary alicyclic amines) is 1. The highest BCUT2D eigenvalue weighted by atomic mass is 16.5. The molecule has 0 aliphatic carbocycles. The molecule has 0 amide bonds. The van der Waals surface area contributed by atoms with Gasteiger partial charge in [-0.1, -0.05) is 45.9 Å². The van der Waals surface area contributed by atoms with Crippen molar-refractivity contribution in [2.75, 3.05) is 26.2 Å². The summed E-state index contributed by atoms with van der Waals surface area (Å²) in [6.07, 6.45) is 3.81. The Morgan fingerprint density at radius 3 is 2.50 bits per heavy atom. The number of carboxylic acids is 1. The molecule has 0 radical (unpaired) electrons. The molecule has 0 bridgehead atoms. The van der Waals surface area contributed by atoms with Gasteiger partial charge in [0.2, 0.25) is 0 Å².